The predicted molar refractivity (Wildman–Crippen MR) is 95.6 cm³/mol. The van der Waals surface area contributed by atoms with Crippen molar-refractivity contribution in [3.05, 3.63) is 58.4 Å². The monoisotopic (exact) mass is 362 g/mol. The second kappa shape index (κ2) is 7.20. The van der Waals surface area contributed by atoms with Gasteiger partial charge in [0.15, 0.2) is 6.79 Å². The van der Waals surface area contributed by atoms with Crippen molar-refractivity contribution >= 4 is 17.3 Å². The number of hydrogen-bond acceptors (Lipinski definition) is 4. The Morgan fingerprint density at radius 2 is 1.92 bits per heavy atom. The quantitative estimate of drug-likeness (QED) is 0.831. The SMILES string of the molecule is Fc1cc2c(c(CN3CCN(c4cccc(Cl)c4)CC3)c1)OCOC2. The summed E-state index contributed by atoms with van der Waals surface area (Å²) in [5.41, 5.74) is 2.84. The topological polar surface area (TPSA) is 24.9 Å². The van der Waals surface area contributed by atoms with Gasteiger partial charge in [-0.25, -0.2) is 4.39 Å². The van der Waals surface area contributed by atoms with Gasteiger partial charge in [-0.2, -0.15) is 0 Å². The average Bonchev–Trinajstić information content (AvgIpc) is 2.62. The van der Waals surface area contributed by atoms with E-state index >= 15 is 0 Å². The van der Waals surface area contributed by atoms with Crippen LogP contribution in [0.2, 0.25) is 5.02 Å². The van der Waals surface area contributed by atoms with Gasteiger partial charge in [0.25, 0.3) is 0 Å². The third-order valence-electron chi connectivity index (χ3n) is 4.69. The number of hydrogen-bond donors (Lipinski definition) is 0. The van der Waals surface area contributed by atoms with Crippen LogP contribution in [0.3, 0.4) is 0 Å². The van der Waals surface area contributed by atoms with Crippen LogP contribution in [-0.2, 0) is 17.9 Å². The lowest BCUT2D eigenvalue weighted by Crippen LogP contribution is -2.46. The summed E-state index contributed by atoms with van der Waals surface area (Å²) in [5.74, 6) is 0.547. The number of benzene rings is 2. The molecular weight excluding hydrogens is 343 g/mol. The number of halogens is 2. The normalized spacial score (nSPS) is 17.9. The van der Waals surface area contributed by atoms with Crippen molar-refractivity contribution < 1.29 is 13.9 Å². The van der Waals surface area contributed by atoms with Crippen molar-refractivity contribution in [3.8, 4) is 5.75 Å². The van der Waals surface area contributed by atoms with Crippen LogP contribution in [0.1, 0.15) is 11.1 Å². The zero-order valence-corrected chi connectivity index (χ0v) is 14.6. The van der Waals surface area contributed by atoms with Crippen LogP contribution in [0.15, 0.2) is 36.4 Å². The molecule has 0 saturated carbocycles. The second-order valence-corrected chi connectivity index (χ2v) is 6.84. The van der Waals surface area contributed by atoms with Crippen LogP contribution >= 0.6 is 11.6 Å². The summed E-state index contributed by atoms with van der Waals surface area (Å²) >= 11 is 6.09. The highest BCUT2D eigenvalue weighted by Gasteiger charge is 2.22. The summed E-state index contributed by atoms with van der Waals surface area (Å²) in [5, 5.41) is 0.755. The lowest BCUT2D eigenvalue weighted by Gasteiger charge is -2.36. The smallest absolute Gasteiger partial charge is 0.189 e. The lowest BCUT2D eigenvalue weighted by atomic mass is 10.1. The highest BCUT2D eigenvalue weighted by Crippen LogP contribution is 2.31. The van der Waals surface area contributed by atoms with Gasteiger partial charge in [0.1, 0.15) is 11.6 Å². The summed E-state index contributed by atoms with van der Waals surface area (Å²) in [6, 6.07) is 11.0. The molecule has 1 saturated heterocycles. The molecule has 0 bridgehead atoms. The Kier molecular flexibility index (Phi) is 4.79. The van der Waals surface area contributed by atoms with Gasteiger partial charge >= 0.3 is 0 Å². The summed E-state index contributed by atoms with van der Waals surface area (Å²) in [4.78, 5) is 4.66. The number of rotatable bonds is 3. The molecular formula is C19H20ClFN2O2. The molecule has 4 nitrogen and oxygen atoms in total. The van der Waals surface area contributed by atoms with Gasteiger partial charge in [-0.1, -0.05) is 17.7 Å². The molecule has 2 aromatic carbocycles. The number of anilines is 1. The molecule has 2 aliphatic rings. The van der Waals surface area contributed by atoms with E-state index in [0.717, 1.165) is 53.8 Å². The predicted octanol–water partition coefficient (Wildman–Crippen LogP) is 3.67. The van der Waals surface area contributed by atoms with E-state index < -0.39 is 0 Å². The Bertz CT molecular complexity index is 763. The van der Waals surface area contributed by atoms with E-state index in [1.54, 1.807) is 6.07 Å². The molecule has 0 aliphatic carbocycles. The van der Waals surface area contributed by atoms with Gasteiger partial charge in [-0.15, -0.1) is 0 Å². The molecule has 2 aliphatic heterocycles. The van der Waals surface area contributed by atoms with Gasteiger partial charge in [0, 0.05) is 54.6 Å². The first kappa shape index (κ1) is 16.6. The molecule has 0 radical (unpaired) electrons. The molecule has 0 atom stereocenters. The van der Waals surface area contributed by atoms with Crippen molar-refractivity contribution in [2.24, 2.45) is 0 Å². The average molecular weight is 363 g/mol. The lowest BCUT2D eigenvalue weighted by molar-refractivity contribution is -0.0177. The maximum Gasteiger partial charge on any atom is 0.189 e. The highest BCUT2D eigenvalue weighted by atomic mass is 35.5. The molecule has 132 valence electrons. The molecule has 4 rings (SSSR count). The van der Waals surface area contributed by atoms with E-state index in [1.807, 2.05) is 18.2 Å². The van der Waals surface area contributed by atoms with Gasteiger partial charge in [0.2, 0.25) is 0 Å². The summed E-state index contributed by atoms with van der Waals surface area (Å²) < 4.78 is 24.7. The zero-order chi connectivity index (χ0) is 17.2. The first-order valence-corrected chi connectivity index (χ1v) is 8.81. The Hall–Kier alpha value is -1.82. The molecule has 2 aromatic rings. The van der Waals surface area contributed by atoms with Crippen LogP contribution in [-0.4, -0.2) is 37.9 Å². The van der Waals surface area contributed by atoms with E-state index in [1.165, 1.54) is 6.07 Å². The minimum absolute atomic E-state index is 0.230. The van der Waals surface area contributed by atoms with Crippen molar-refractivity contribution in [1.29, 1.82) is 0 Å². The molecule has 1 fully saturated rings. The van der Waals surface area contributed by atoms with Crippen LogP contribution in [0.25, 0.3) is 0 Å². The molecule has 0 unspecified atom stereocenters. The third-order valence-corrected chi connectivity index (χ3v) is 4.93. The maximum absolute atomic E-state index is 13.9. The number of ether oxygens (including phenoxy) is 2. The number of piperazine rings is 1. The summed E-state index contributed by atoms with van der Waals surface area (Å²) in [7, 11) is 0. The minimum Gasteiger partial charge on any atom is -0.467 e. The van der Waals surface area contributed by atoms with Gasteiger partial charge in [-0.05, 0) is 30.3 Å². The molecule has 0 amide bonds. The van der Waals surface area contributed by atoms with E-state index in [9.17, 15) is 4.39 Å². The van der Waals surface area contributed by atoms with Crippen molar-refractivity contribution in [1.82, 2.24) is 4.90 Å². The van der Waals surface area contributed by atoms with Gasteiger partial charge < -0.3 is 14.4 Å². The van der Waals surface area contributed by atoms with E-state index in [0.29, 0.717) is 13.2 Å². The zero-order valence-electron chi connectivity index (χ0n) is 13.9. The van der Waals surface area contributed by atoms with Crippen LogP contribution in [0.4, 0.5) is 10.1 Å². The summed E-state index contributed by atoms with van der Waals surface area (Å²) in [6.07, 6.45) is 0. The van der Waals surface area contributed by atoms with E-state index in [2.05, 4.69) is 15.9 Å². The minimum atomic E-state index is -0.236. The molecule has 25 heavy (non-hydrogen) atoms. The standard InChI is InChI=1S/C19H20ClFN2O2/c20-16-2-1-3-18(10-16)23-6-4-22(5-7-23)11-14-8-17(21)9-15-12-24-13-25-19(14)15/h1-3,8-10H,4-7,11-13H2. The number of nitrogens with zero attached hydrogens (tertiary/aromatic N) is 2. The first-order chi connectivity index (χ1) is 12.2. The second-order valence-electron chi connectivity index (χ2n) is 6.41. The van der Waals surface area contributed by atoms with Crippen molar-refractivity contribution in [2.45, 2.75) is 13.2 Å². The van der Waals surface area contributed by atoms with Crippen molar-refractivity contribution in [3.63, 3.8) is 0 Å². The molecule has 0 N–H and O–H groups in total. The first-order valence-electron chi connectivity index (χ1n) is 8.44. The fraction of sp³-hybridized carbons (Fsp3) is 0.368. The molecule has 0 spiro atoms. The van der Waals surface area contributed by atoms with Gasteiger partial charge in [0.05, 0.1) is 6.61 Å². The maximum atomic E-state index is 13.9. The Morgan fingerprint density at radius 3 is 2.72 bits per heavy atom. The van der Waals surface area contributed by atoms with Gasteiger partial charge in [-0.3, -0.25) is 4.90 Å². The Morgan fingerprint density at radius 1 is 1.08 bits per heavy atom. The largest absolute Gasteiger partial charge is 0.467 e. The van der Waals surface area contributed by atoms with E-state index in [4.69, 9.17) is 21.1 Å². The van der Waals surface area contributed by atoms with Crippen molar-refractivity contribution in [2.75, 3.05) is 37.9 Å². The van der Waals surface area contributed by atoms with Crippen LogP contribution < -0.4 is 9.64 Å². The van der Waals surface area contributed by atoms with Crippen LogP contribution in [0.5, 0.6) is 5.75 Å². The summed E-state index contributed by atoms with van der Waals surface area (Å²) in [6.45, 7) is 4.98. The van der Waals surface area contributed by atoms with E-state index in [-0.39, 0.29) is 12.6 Å². The Labute approximate surface area is 151 Å². The molecule has 2 heterocycles. The highest BCUT2D eigenvalue weighted by molar-refractivity contribution is 6.30. The fourth-order valence-corrected chi connectivity index (χ4v) is 3.64. The number of fused-ring (bicyclic) bond motifs is 1. The molecule has 6 heteroatoms. The fourth-order valence-electron chi connectivity index (χ4n) is 3.45. The third kappa shape index (κ3) is 3.73. The Balaban J connectivity index is 1.43. The van der Waals surface area contributed by atoms with Crippen LogP contribution in [0, 0.1) is 5.82 Å². The molecule has 0 aromatic heterocycles.